The highest BCUT2D eigenvalue weighted by atomic mass is 19.4. The van der Waals surface area contributed by atoms with Crippen molar-refractivity contribution in [2.45, 2.75) is 30.7 Å². The maximum Gasteiger partial charge on any atom is 0.416 e. The minimum atomic E-state index is -4.47. The van der Waals surface area contributed by atoms with Crippen molar-refractivity contribution in [2.24, 2.45) is 0 Å². The van der Waals surface area contributed by atoms with Crippen LogP contribution in [0.4, 0.5) is 22.0 Å². The monoisotopic (exact) mass is 364 g/mol. The summed E-state index contributed by atoms with van der Waals surface area (Å²) in [5, 5.41) is 2.50. The molecule has 9 heteroatoms. The van der Waals surface area contributed by atoms with Gasteiger partial charge < -0.3 is 9.64 Å². The highest BCUT2D eigenvalue weighted by Crippen LogP contribution is 2.33. The number of rotatable bonds is 2. The molecule has 2 saturated heterocycles. The average Bonchev–Trinajstić information content (AvgIpc) is 2.93. The maximum absolute atomic E-state index is 13.3. The van der Waals surface area contributed by atoms with Crippen LogP contribution in [0.15, 0.2) is 24.3 Å². The molecule has 138 valence electrons. The van der Waals surface area contributed by atoms with E-state index in [-0.39, 0.29) is 19.7 Å². The van der Waals surface area contributed by atoms with Crippen molar-refractivity contribution in [3.63, 3.8) is 0 Å². The van der Waals surface area contributed by atoms with E-state index in [4.69, 9.17) is 4.74 Å². The molecule has 0 saturated carbocycles. The van der Waals surface area contributed by atoms with E-state index in [2.05, 4.69) is 5.32 Å². The Bertz CT molecular complexity index is 650. The standard InChI is InChI=1S/C16H17F5N2O2/c17-15(18)7-12(22-9-15)14(24)23-4-5-25-13(8-23)10-2-1-3-11(6-10)16(19,20)21/h1-3,6,12-13,22H,4-5,7-9H2. The minimum Gasteiger partial charge on any atom is -0.370 e. The fourth-order valence-electron chi connectivity index (χ4n) is 3.08. The van der Waals surface area contributed by atoms with Gasteiger partial charge in [0.25, 0.3) is 5.92 Å². The number of morpholine rings is 1. The van der Waals surface area contributed by atoms with E-state index in [0.29, 0.717) is 5.56 Å². The van der Waals surface area contributed by atoms with Crippen molar-refractivity contribution in [3.8, 4) is 0 Å². The van der Waals surface area contributed by atoms with Crippen molar-refractivity contribution in [1.29, 1.82) is 0 Å². The Morgan fingerprint density at radius 2 is 2.08 bits per heavy atom. The van der Waals surface area contributed by atoms with Crippen LogP contribution in [-0.2, 0) is 15.7 Å². The molecule has 0 aliphatic carbocycles. The summed E-state index contributed by atoms with van der Waals surface area (Å²) in [6.45, 7) is -0.164. The molecule has 2 aliphatic heterocycles. The molecule has 2 unspecified atom stereocenters. The molecule has 2 aliphatic rings. The third-order valence-corrected chi connectivity index (χ3v) is 4.37. The first kappa shape index (κ1) is 18.1. The summed E-state index contributed by atoms with van der Waals surface area (Å²) in [7, 11) is 0. The largest absolute Gasteiger partial charge is 0.416 e. The van der Waals surface area contributed by atoms with E-state index in [9.17, 15) is 26.7 Å². The van der Waals surface area contributed by atoms with Crippen LogP contribution in [0.3, 0.4) is 0 Å². The Hall–Kier alpha value is -1.74. The van der Waals surface area contributed by atoms with Gasteiger partial charge in [-0.05, 0) is 17.7 Å². The Kier molecular flexibility index (Phi) is 4.72. The van der Waals surface area contributed by atoms with Crippen molar-refractivity contribution in [2.75, 3.05) is 26.2 Å². The number of amides is 1. The van der Waals surface area contributed by atoms with Crippen molar-refractivity contribution in [3.05, 3.63) is 35.4 Å². The van der Waals surface area contributed by atoms with Gasteiger partial charge in [0.15, 0.2) is 0 Å². The number of carbonyl (C=O) groups is 1. The topological polar surface area (TPSA) is 41.6 Å². The van der Waals surface area contributed by atoms with Gasteiger partial charge in [0, 0.05) is 13.0 Å². The Morgan fingerprint density at radius 1 is 1.32 bits per heavy atom. The molecule has 25 heavy (non-hydrogen) atoms. The first-order valence-corrected chi connectivity index (χ1v) is 7.84. The summed E-state index contributed by atoms with van der Waals surface area (Å²) in [5.41, 5.74) is -0.494. The van der Waals surface area contributed by atoms with E-state index in [1.807, 2.05) is 0 Å². The van der Waals surface area contributed by atoms with Crippen LogP contribution in [0.25, 0.3) is 0 Å². The zero-order valence-corrected chi connectivity index (χ0v) is 13.2. The van der Waals surface area contributed by atoms with Crippen LogP contribution in [-0.4, -0.2) is 49.0 Å². The van der Waals surface area contributed by atoms with E-state index in [0.717, 1.165) is 12.1 Å². The summed E-state index contributed by atoms with van der Waals surface area (Å²) >= 11 is 0. The molecule has 3 rings (SSSR count). The second-order valence-corrected chi connectivity index (χ2v) is 6.26. The van der Waals surface area contributed by atoms with Gasteiger partial charge in [-0.15, -0.1) is 0 Å². The van der Waals surface area contributed by atoms with Gasteiger partial charge in [-0.1, -0.05) is 12.1 Å². The summed E-state index contributed by atoms with van der Waals surface area (Å²) < 4.78 is 70.5. The van der Waals surface area contributed by atoms with Crippen molar-refractivity contribution < 1.29 is 31.5 Å². The number of alkyl halides is 5. The van der Waals surface area contributed by atoms with Gasteiger partial charge in [0.05, 0.1) is 31.3 Å². The number of ether oxygens (including phenoxy) is 1. The summed E-state index contributed by atoms with van der Waals surface area (Å²) in [6.07, 6.45) is -5.77. The van der Waals surface area contributed by atoms with Crippen LogP contribution in [0.5, 0.6) is 0 Å². The van der Waals surface area contributed by atoms with Crippen molar-refractivity contribution in [1.82, 2.24) is 10.2 Å². The quantitative estimate of drug-likeness (QED) is 0.821. The van der Waals surface area contributed by atoms with Gasteiger partial charge in [-0.3, -0.25) is 10.1 Å². The molecule has 2 heterocycles. The van der Waals surface area contributed by atoms with Gasteiger partial charge in [-0.2, -0.15) is 13.2 Å². The predicted molar refractivity (Wildman–Crippen MR) is 78.1 cm³/mol. The van der Waals surface area contributed by atoms with Crippen molar-refractivity contribution >= 4 is 5.91 Å². The smallest absolute Gasteiger partial charge is 0.370 e. The maximum atomic E-state index is 13.3. The average molecular weight is 364 g/mol. The van der Waals surface area contributed by atoms with Crippen LogP contribution < -0.4 is 5.32 Å². The fourth-order valence-corrected chi connectivity index (χ4v) is 3.08. The summed E-state index contributed by atoms with van der Waals surface area (Å²) in [6, 6.07) is 3.74. The van der Waals surface area contributed by atoms with Crippen LogP contribution in [0, 0.1) is 0 Å². The second kappa shape index (κ2) is 6.53. The lowest BCUT2D eigenvalue weighted by Crippen LogP contribution is -2.49. The lowest BCUT2D eigenvalue weighted by atomic mass is 10.0. The Labute approximate surface area is 140 Å². The first-order valence-electron chi connectivity index (χ1n) is 7.84. The molecule has 0 spiro atoms. The van der Waals surface area contributed by atoms with E-state index < -0.39 is 48.7 Å². The molecule has 0 aromatic heterocycles. The number of nitrogens with zero attached hydrogens (tertiary/aromatic N) is 1. The number of halogens is 5. The lowest BCUT2D eigenvalue weighted by molar-refractivity contribution is -0.142. The molecule has 2 fully saturated rings. The van der Waals surface area contributed by atoms with E-state index >= 15 is 0 Å². The number of carbonyl (C=O) groups excluding carboxylic acids is 1. The van der Waals surface area contributed by atoms with Gasteiger partial charge >= 0.3 is 6.18 Å². The SMILES string of the molecule is O=C(C1CC(F)(F)CN1)N1CCOC(c2cccc(C(F)(F)F)c2)C1. The molecule has 1 aromatic carbocycles. The Morgan fingerprint density at radius 3 is 2.72 bits per heavy atom. The van der Waals surface area contributed by atoms with Crippen LogP contribution in [0.1, 0.15) is 23.7 Å². The summed E-state index contributed by atoms with van der Waals surface area (Å²) in [5.74, 6) is -3.40. The zero-order valence-electron chi connectivity index (χ0n) is 13.2. The normalized spacial score (nSPS) is 26.7. The minimum absolute atomic E-state index is 0.0316. The number of hydrogen-bond acceptors (Lipinski definition) is 3. The number of hydrogen-bond donors (Lipinski definition) is 1. The molecule has 0 radical (unpaired) electrons. The summed E-state index contributed by atoms with van der Waals surface area (Å²) in [4.78, 5) is 13.8. The van der Waals surface area contributed by atoms with Gasteiger partial charge in [-0.25, -0.2) is 8.78 Å². The first-order chi connectivity index (χ1) is 11.7. The molecular weight excluding hydrogens is 347 g/mol. The molecular formula is C16H17F5N2O2. The molecule has 4 nitrogen and oxygen atoms in total. The third kappa shape index (κ3) is 4.09. The molecule has 1 aromatic rings. The molecule has 1 N–H and O–H groups in total. The van der Waals surface area contributed by atoms with Crippen LogP contribution >= 0.6 is 0 Å². The molecule has 0 bridgehead atoms. The predicted octanol–water partition coefficient (Wildman–Crippen LogP) is 2.60. The zero-order chi connectivity index (χ0) is 18.2. The highest BCUT2D eigenvalue weighted by molar-refractivity contribution is 5.82. The second-order valence-electron chi connectivity index (χ2n) is 6.26. The van der Waals surface area contributed by atoms with E-state index in [1.165, 1.54) is 17.0 Å². The van der Waals surface area contributed by atoms with Crippen LogP contribution in [0.2, 0.25) is 0 Å². The third-order valence-electron chi connectivity index (χ3n) is 4.37. The Balaban J connectivity index is 1.70. The lowest BCUT2D eigenvalue weighted by Gasteiger charge is -2.34. The number of benzene rings is 1. The highest BCUT2D eigenvalue weighted by Gasteiger charge is 2.44. The number of nitrogens with one attached hydrogen (secondary N) is 1. The fraction of sp³-hybridized carbons (Fsp3) is 0.562. The molecule has 1 amide bonds. The molecule has 2 atom stereocenters. The van der Waals surface area contributed by atoms with Gasteiger partial charge in [0.2, 0.25) is 5.91 Å². The van der Waals surface area contributed by atoms with Gasteiger partial charge in [0.1, 0.15) is 6.10 Å². The van der Waals surface area contributed by atoms with E-state index in [1.54, 1.807) is 0 Å².